The number of nitriles is 1. The molecule has 0 aliphatic heterocycles. The molecule has 1 N–H and O–H groups in total. The third-order valence-corrected chi connectivity index (χ3v) is 4.29. The van der Waals surface area contributed by atoms with Crippen LogP contribution in [0.5, 0.6) is 0 Å². The molecule has 6 heteroatoms. The van der Waals surface area contributed by atoms with Crippen LogP contribution in [0.2, 0.25) is 0 Å². The lowest BCUT2D eigenvalue weighted by molar-refractivity contribution is 0.493. The largest absolute Gasteiger partial charge is 0.299 e. The lowest BCUT2D eigenvalue weighted by Crippen LogP contribution is -2.43. The van der Waals surface area contributed by atoms with Crippen molar-refractivity contribution in [2.24, 2.45) is 0 Å². The third-order valence-electron chi connectivity index (χ3n) is 2.00. The summed E-state index contributed by atoms with van der Waals surface area (Å²) in [6, 6.07) is 2.31. The van der Waals surface area contributed by atoms with Gasteiger partial charge < -0.3 is 0 Å². The summed E-state index contributed by atoms with van der Waals surface area (Å²) in [7, 11) is 0. The Morgan fingerprint density at radius 1 is 1.56 bits per heavy atom. The molecule has 0 saturated carbocycles. The number of thioether (sulfide) groups is 1. The number of aryl methyl sites for hydroxylation is 1. The molecule has 1 aromatic rings. The third kappa shape index (κ3) is 4.08. The molecule has 0 aliphatic rings. The minimum Gasteiger partial charge on any atom is -0.299 e. The molecule has 16 heavy (non-hydrogen) atoms. The second kappa shape index (κ2) is 6.18. The Balaban J connectivity index is 2.48. The van der Waals surface area contributed by atoms with Gasteiger partial charge in [0.2, 0.25) is 0 Å². The number of hydrogen-bond donors (Lipinski definition) is 1. The Morgan fingerprint density at radius 2 is 2.31 bits per heavy atom. The Labute approximate surface area is 104 Å². The first-order valence-corrected chi connectivity index (χ1v) is 6.99. The molecule has 0 aliphatic carbocycles. The first-order chi connectivity index (χ1) is 7.59. The molecule has 1 aromatic heterocycles. The molecule has 0 radical (unpaired) electrons. The van der Waals surface area contributed by atoms with Gasteiger partial charge in [-0.25, -0.2) is 0 Å². The first-order valence-electron chi connectivity index (χ1n) is 5.19. The molecule has 0 fully saturated rings. The van der Waals surface area contributed by atoms with E-state index in [1.165, 1.54) is 0 Å². The predicted octanol–water partition coefficient (Wildman–Crippen LogP) is 2.22. The molecule has 4 nitrogen and oxygen atoms in total. The highest BCUT2D eigenvalue weighted by Gasteiger charge is 2.23. The van der Waals surface area contributed by atoms with E-state index in [1.54, 1.807) is 23.1 Å². The van der Waals surface area contributed by atoms with E-state index < -0.39 is 5.54 Å². The fourth-order valence-electron chi connectivity index (χ4n) is 1.07. The van der Waals surface area contributed by atoms with Gasteiger partial charge in [0, 0.05) is 5.75 Å². The minimum atomic E-state index is -0.486. The molecule has 1 atom stereocenters. The van der Waals surface area contributed by atoms with E-state index in [0.29, 0.717) is 5.75 Å². The van der Waals surface area contributed by atoms with Crippen molar-refractivity contribution in [3.8, 4) is 6.07 Å². The van der Waals surface area contributed by atoms with Crippen LogP contribution in [0.1, 0.15) is 25.3 Å². The second-order valence-corrected chi connectivity index (χ2v) is 6.15. The Morgan fingerprint density at radius 3 is 2.81 bits per heavy atom. The molecular formula is C10H16N4S2. The lowest BCUT2D eigenvalue weighted by Gasteiger charge is -2.21. The average Bonchev–Trinajstić information content (AvgIpc) is 2.70. The summed E-state index contributed by atoms with van der Waals surface area (Å²) in [4.78, 5) is 0. The van der Waals surface area contributed by atoms with Crippen molar-refractivity contribution in [1.29, 1.82) is 5.26 Å². The van der Waals surface area contributed by atoms with E-state index in [9.17, 15) is 0 Å². The predicted molar refractivity (Wildman–Crippen MR) is 67.7 cm³/mol. The summed E-state index contributed by atoms with van der Waals surface area (Å²) in [6.07, 6.45) is 1.03. The molecular weight excluding hydrogens is 240 g/mol. The zero-order valence-electron chi connectivity index (χ0n) is 9.78. The maximum Gasteiger partial charge on any atom is 0.174 e. The fraction of sp³-hybridized carbons (Fsp3) is 0.700. The maximum atomic E-state index is 9.14. The Bertz CT molecular complexity index is 371. The number of aromatic nitrogens is 2. The highest BCUT2D eigenvalue weighted by Crippen LogP contribution is 2.25. The summed E-state index contributed by atoms with van der Waals surface area (Å²) >= 11 is 3.15. The highest BCUT2D eigenvalue weighted by molar-refractivity contribution is 8.01. The number of nitrogens with one attached hydrogen (secondary N) is 1. The Kier molecular flexibility index (Phi) is 5.19. The van der Waals surface area contributed by atoms with Crippen molar-refractivity contribution in [1.82, 2.24) is 15.5 Å². The Hall–Kier alpha value is -0.640. The molecule has 0 spiro atoms. The zero-order valence-corrected chi connectivity index (χ0v) is 11.4. The molecule has 88 valence electrons. The molecule has 1 unspecified atom stereocenters. The van der Waals surface area contributed by atoms with Gasteiger partial charge in [-0.15, -0.1) is 10.2 Å². The molecule has 0 amide bonds. The first kappa shape index (κ1) is 13.4. The summed E-state index contributed by atoms with van der Waals surface area (Å²) in [6.45, 7) is 6.80. The van der Waals surface area contributed by atoms with E-state index in [1.807, 2.05) is 13.8 Å². The van der Waals surface area contributed by atoms with E-state index >= 15 is 0 Å². The topological polar surface area (TPSA) is 61.6 Å². The van der Waals surface area contributed by atoms with Crippen LogP contribution < -0.4 is 5.32 Å². The van der Waals surface area contributed by atoms with E-state index in [2.05, 4.69) is 28.5 Å². The highest BCUT2D eigenvalue weighted by atomic mass is 32.2. The minimum absolute atomic E-state index is 0.486. The fourth-order valence-corrected chi connectivity index (χ4v) is 2.93. The monoisotopic (exact) mass is 256 g/mol. The molecule has 0 saturated heterocycles. The molecule has 0 bridgehead atoms. The van der Waals surface area contributed by atoms with Crippen LogP contribution in [0, 0.1) is 18.3 Å². The summed E-state index contributed by atoms with van der Waals surface area (Å²) in [5.41, 5.74) is -0.486. The van der Waals surface area contributed by atoms with Gasteiger partial charge in [0.25, 0.3) is 0 Å². The molecule has 0 aromatic carbocycles. The van der Waals surface area contributed by atoms with Crippen molar-refractivity contribution in [2.75, 3.05) is 12.3 Å². The van der Waals surface area contributed by atoms with E-state index in [4.69, 9.17) is 5.26 Å². The lowest BCUT2D eigenvalue weighted by atomic mass is 10.1. The number of rotatable bonds is 6. The number of nitrogens with zero attached hydrogens (tertiary/aromatic N) is 3. The standard InChI is InChI=1S/C10H16N4S2/c1-4-5-12-10(3,6-11)7-15-9-14-13-8(2)16-9/h12H,4-5,7H2,1-3H3. The van der Waals surface area contributed by atoms with E-state index in [0.717, 1.165) is 22.3 Å². The van der Waals surface area contributed by atoms with Gasteiger partial charge in [0.05, 0.1) is 6.07 Å². The second-order valence-electron chi connectivity index (χ2n) is 3.75. The van der Waals surface area contributed by atoms with Crippen LogP contribution >= 0.6 is 23.1 Å². The van der Waals surface area contributed by atoms with Crippen LogP contribution in [-0.4, -0.2) is 28.0 Å². The van der Waals surface area contributed by atoms with Gasteiger partial charge >= 0.3 is 0 Å². The van der Waals surface area contributed by atoms with Gasteiger partial charge in [-0.3, -0.25) is 5.32 Å². The quantitative estimate of drug-likeness (QED) is 0.791. The summed E-state index contributed by atoms with van der Waals surface area (Å²) in [5, 5.41) is 21.3. The molecule has 1 heterocycles. The summed E-state index contributed by atoms with van der Waals surface area (Å²) in [5.74, 6) is 0.693. The van der Waals surface area contributed by atoms with Crippen molar-refractivity contribution < 1.29 is 0 Å². The van der Waals surface area contributed by atoms with Crippen molar-refractivity contribution in [3.05, 3.63) is 5.01 Å². The van der Waals surface area contributed by atoms with Crippen molar-refractivity contribution >= 4 is 23.1 Å². The van der Waals surface area contributed by atoms with Gasteiger partial charge in [0.1, 0.15) is 10.5 Å². The average molecular weight is 256 g/mol. The SMILES string of the molecule is CCCNC(C)(C#N)CSc1nnc(C)s1. The number of hydrogen-bond acceptors (Lipinski definition) is 6. The van der Waals surface area contributed by atoms with Crippen LogP contribution in [0.4, 0.5) is 0 Å². The van der Waals surface area contributed by atoms with Crippen LogP contribution in [0.25, 0.3) is 0 Å². The van der Waals surface area contributed by atoms with Gasteiger partial charge in [-0.2, -0.15) is 5.26 Å². The van der Waals surface area contributed by atoms with Crippen LogP contribution in [0.15, 0.2) is 4.34 Å². The van der Waals surface area contributed by atoms with Gasteiger partial charge in [0.15, 0.2) is 4.34 Å². The van der Waals surface area contributed by atoms with Crippen molar-refractivity contribution in [3.63, 3.8) is 0 Å². The van der Waals surface area contributed by atoms with E-state index in [-0.39, 0.29) is 0 Å². The van der Waals surface area contributed by atoms with Crippen LogP contribution in [0.3, 0.4) is 0 Å². The van der Waals surface area contributed by atoms with Gasteiger partial charge in [-0.1, -0.05) is 30.0 Å². The zero-order chi connectivity index (χ0) is 12.0. The van der Waals surface area contributed by atoms with Crippen molar-refractivity contribution in [2.45, 2.75) is 37.1 Å². The summed E-state index contributed by atoms with van der Waals surface area (Å²) < 4.78 is 0.928. The maximum absolute atomic E-state index is 9.14. The van der Waals surface area contributed by atoms with Gasteiger partial charge in [-0.05, 0) is 26.8 Å². The normalized spacial score (nSPS) is 14.4. The van der Waals surface area contributed by atoms with Crippen LogP contribution in [-0.2, 0) is 0 Å². The molecule has 1 rings (SSSR count). The smallest absolute Gasteiger partial charge is 0.174 e.